The third-order valence-electron chi connectivity index (χ3n) is 3.72. The molecule has 0 spiro atoms. The lowest BCUT2D eigenvalue weighted by Crippen LogP contribution is -2.44. The van der Waals surface area contributed by atoms with E-state index in [1.54, 1.807) is 0 Å². The molecular formula is C13H24N2OS. The van der Waals surface area contributed by atoms with Crippen molar-refractivity contribution in [2.75, 3.05) is 11.5 Å². The molecule has 3 unspecified atom stereocenters. The van der Waals surface area contributed by atoms with Gasteiger partial charge in [0.2, 0.25) is 5.91 Å². The first-order valence-corrected chi connectivity index (χ1v) is 8.09. The van der Waals surface area contributed by atoms with E-state index >= 15 is 0 Å². The van der Waals surface area contributed by atoms with E-state index in [0.29, 0.717) is 18.1 Å². The normalized spacial score (nSPS) is 33.6. The number of hydrogen-bond acceptors (Lipinski definition) is 3. The van der Waals surface area contributed by atoms with Gasteiger partial charge in [-0.15, -0.1) is 0 Å². The summed E-state index contributed by atoms with van der Waals surface area (Å²) in [5, 5.41) is 3.54. The molecular weight excluding hydrogens is 232 g/mol. The molecule has 2 rings (SSSR count). The molecule has 2 saturated heterocycles. The molecule has 0 saturated carbocycles. The van der Waals surface area contributed by atoms with E-state index in [9.17, 15) is 4.79 Å². The molecule has 0 radical (unpaired) electrons. The quantitative estimate of drug-likeness (QED) is 0.818. The molecule has 0 bridgehead atoms. The van der Waals surface area contributed by atoms with Crippen LogP contribution < -0.4 is 5.32 Å². The van der Waals surface area contributed by atoms with Gasteiger partial charge < -0.3 is 4.90 Å². The molecule has 1 N–H and O–H groups in total. The monoisotopic (exact) mass is 256 g/mol. The lowest BCUT2D eigenvalue weighted by Gasteiger charge is -2.29. The Kier molecular flexibility index (Phi) is 4.74. The predicted octanol–water partition coefficient (Wildman–Crippen LogP) is 2.22. The minimum atomic E-state index is 0.0853. The number of amides is 1. The Hall–Kier alpha value is -0.220. The van der Waals surface area contributed by atoms with Crippen molar-refractivity contribution in [3.05, 3.63) is 0 Å². The van der Waals surface area contributed by atoms with Crippen molar-refractivity contribution in [3.8, 4) is 0 Å². The summed E-state index contributed by atoms with van der Waals surface area (Å²) in [7, 11) is 0. The minimum Gasteiger partial charge on any atom is -0.322 e. The van der Waals surface area contributed by atoms with Crippen molar-refractivity contribution in [2.24, 2.45) is 0 Å². The molecule has 2 aliphatic rings. The van der Waals surface area contributed by atoms with Crippen molar-refractivity contribution in [1.82, 2.24) is 10.2 Å². The molecule has 0 aliphatic carbocycles. The van der Waals surface area contributed by atoms with E-state index < -0.39 is 0 Å². The molecule has 1 amide bonds. The number of carbonyl (C=O) groups excluding carboxylic acids is 1. The molecule has 17 heavy (non-hydrogen) atoms. The van der Waals surface area contributed by atoms with Crippen molar-refractivity contribution in [2.45, 2.75) is 64.2 Å². The maximum Gasteiger partial charge on any atom is 0.241 e. The van der Waals surface area contributed by atoms with Crippen LogP contribution >= 0.6 is 11.8 Å². The van der Waals surface area contributed by atoms with E-state index in [-0.39, 0.29) is 6.04 Å². The molecule has 98 valence electrons. The molecule has 3 atom stereocenters. The summed E-state index contributed by atoms with van der Waals surface area (Å²) in [5.41, 5.74) is 0. The van der Waals surface area contributed by atoms with Crippen LogP contribution in [0.25, 0.3) is 0 Å². The van der Waals surface area contributed by atoms with Gasteiger partial charge in [-0.25, -0.2) is 0 Å². The molecule has 3 nitrogen and oxygen atoms in total. The maximum atomic E-state index is 12.4. The van der Waals surface area contributed by atoms with E-state index in [0.717, 1.165) is 31.4 Å². The van der Waals surface area contributed by atoms with Gasteiger partial charge >= 0.3 is 0 Å². The van der Waals surface area contributed by atoms with E-state index in [4.69, 9.17) is 0 Å². The highest BCUT2D eigenvalue weighted by Gasteiger charge is 2.42. The van der Waals surface area contributed by atoms with Gasteiger partial charge in [-0.05, 0) is 25.0 Å². The van der Waals surface area contributed by atoms with Crippen molar-refractivity contribution >= 4 is 17.7 Å². The largest absolute Gasteiger partial charge is 0.322 e. The Balaban J connectivity index is 2.05. The average molecular weight is 256 g/mol. The zero-order valence-corrected chi connectivity index (χ0v) is 11.8. The molecule has 2 aliphatic heterocycles. The van der Waals surface area contributed by atoms with Crippen LogP contribution in [0.4, 0.5) is 0 Å². The first kappa shape index (κ1) is 13.2. The molecule has 0 aromatic carbocycles. The van der Waals surface area contributed by atoms with Crippen molar-refractivity contribution in [3.63, 3.8) is 0 Å². The van der Waals surface area contributed by atoms with Crippen molar-refractivity contribution < 1.29 is 4.79 Å². The van der Waals surface area contributed by atoms with Crippen LogP contribution in [0.15, 0.2) is 0 Å². The highest BCUT2D eigenvalue weighted by molar-refractivity contribution is 7.99. The standard InChI is InChI=1S/C13H24N2OS/c1-3-5-11-13(16)15(10-7-8-17-9-10)12(14-11)6-4-2/h10-12,14H,3-9H2,1-2H3. The molecule has 0 aromatic rings. The Morgan fingerprint density at radius 2 is 2.12 bits per heavy atom. The van der Waals surface area contributed by atoms with Gasteiger partial charge in [-0.2, -0.15) is 11.8 Å². The van der Waals surface area contributed by atoms with Crippen LogP contribution in [0, 0.1) is 0 Å². The summed E-state index contributed by atoms with van der Waals surface area (Å²) < 4.78 is 0. The molecule has 2 heterocycles. The Morgan fingerprint density at radius 1 is 1.35 bits per heavy atom. The van der Waals surface area contributed by atoms with Crippen LogP contribution in [0.2, 0.25) is 0 Å². The number of hydrogen-bond donors (Lipinski definition) is 1. The van der Waals surface area contributed by atoms with E-state index in [2.05, 4.69) is 24.1 Å². The van der Waals surface area contributed by atoms with Crippen LogP contribution in [-0.2, 0) is 4.79 Å². The fourth-order valence-electron chi connectivity index (χ4n) is 2.88. The maximum absolute atomic E-state index is 12.4. The van der Waals surface area contributed by atoms with Gasteiger partial charge in [0.1, 0.15) is 0 Å². The summed E-state index contributed by atoms with van der Waals surface area (Å²) in [6.45, 7) is 4.35. The fourth-order valence-corrected chi connectivity index (χ4v) is 4.09. The second-order valence-electron chi connectivity index (χ2n) is 5.08. The SMILES string of the molecule is CCCC1NC(CCC)N(C2CCSC2)C1=O. The number of nitrogens with zero attached hydrogens (tertiary/aromatic N) is 1. The lowest BCUT2D eigenvalue weighted by atomic mass is 10.1. The Bertz CT molecular complexity index is 266. The Labute approximate surface area is 109 Å². The zero-order chi connectivity index (χ0) is 12.3. The molecule has 0 aromatic heterocycles. The van der Waals surface area contributed by atoms with Gasteiger partial charge in [0, 0.05) is 11.8 Å². The smallest absolute Gasteiger partial charge is 0.241 e. The number of rotatable bonds is 5. The fraction of sp³-hybridized carbons (Fsp3) is 0.923. The second-order valence-corrected chi connectivity index (χ2v) is 6.23. The Morgan fingerprint density at radius 3 is 2.71 bits per heavy atom. The summed E-state index contributed by atoms with van der Waals surface area (Å²) in [5.74, 6) is 2.70. The second kappa shape index (κ2) is 6.10. The highest BCUT2D eigenvalue weighted by atomic mass is 32.2. The van der Waals surface area contributed by atoms with Gasteiger partial charge in [-0.3, -0.25) is 10.1 Å². The minimum absolute atomic E-state index is 0.0853. The predicted molar refractivity (Wildman–Crippen MR) is 73.1 cm³/mol. The van der Waals surface area contributed by atoms with E-state index in [1.165, 1.54) is 12.2 Å². The first-order chi connectivity index (χ1) is 8.27. The third-order valence-corrected chi connectivity index (χ3v) is 4.87. The summed E-state index contributed by atoms with van der Waals surface area (Å²) in [6, 6.07) is 0.570. The summed E-state index contributed by atoms with van der Waals surface area (Å²) in [4.78, 5) is 14.6. The van der Waals surface area contributed by atoms with Crippen LogP contribution in [0.1, 0.15) is 46.0 Å². The van der Waals surface area contributed by atoms with Crippen LogP contribution in [0.5, 0.6) is 0 Å². The summed E-state index contributed by atoms with van der Waals surface area (Å²) >= 11 is 1.98. The number of carbonyl (C=O) groups is 1. The molecule has 4 heteroatoms. The van der Waals surface area contributed by atoms with Gasteiger partial charge in [0.05, 0.1) is 12.2 Å². The highest BCUT2D eigenvalue weighted by Crippen LogP contribution is 2.28. The average Bonchev–Trinajstić information content (AvgIpc) is 2.90. The zero-order valence-electron chi connectivity index (χ0n) is 10.9. The van der Waals surface area contributed by atoms with Gasteiger partial charge in [0.25, 0.3) is 0 Å². The van der Waals surface area contributed by atoms with Gasteiger partial charge in [-0.1, -0.05) is 26.7 Å². The number of thioether (sulfide) groups is 1. The molecule has 2 fully saturated rings. The van der Waals surface area contributed by atoms with Gasteiger partial charge in [0.15, 0.2) is 0 Å². The van der Waals surface area contributed by atoms with Crippen molar-refractivity contribution in [1.29, 1.82) is 0 Å². The first-order valence-electron chi connectivity index (χ1n) is 6.93. The van der Waals surface area contributed by atoms with E-state index in [1.807, 2.05) is 11.8 Å². The lowest BCUT2D eigenvalue weighted by molar-refractivity contribution is -0.132. The van der Waals surface area contributed by atoms with Crippen LogP contribution in [0.3, 0.4) is 0 Å². The summed E-state index contributed by atoms with van der Waals surface area (Å²) in [6.07, 6.45) is 5.77. The topological polar surface area (TPSA) is 32.3 Å². The number of nitrogens with one attached hydrogen (secondary N) is 1. The van der Waals surface area contributed by atoms with Crippen LogP contribution in [-0.4, -0.2) is 40.6 Å². The third kappa shape index (κ3) is 2.79.